The third-order valence-electron chi connectivity index (χ3n) is 6.10. The average Bonchev–Trinajstić information content (AvgIpc) is 3.28. The molecule has 0 aliphatic carbocycles. The summed E-state index contributed by atoms with van der Waals surface area (Å²) in [7, 11) is 0. The fraction of sp³-hybridized carbons (Fsp3) is 0.560. The number of nitrogens with one attached hydrogen (secondary N) is 2. The van der Waals surface area contributed by atoms with Gasteiger partial charge >= 0.3 is 6.18 Å². The summed E-state index contributed by atoms with van der Waals surface area (Å²) < 4.78 is 46.2. The molecule has 1 atom stereocenters. The van der Waals surface area contributed by atoms with Crippen LogP contribution in [0, 0.1) is 0 Å². The van der Waals surface area contributed by atoms with Gasteiger partial charge in [0.2, 0.25) is 11.8 Å². The Labute approximate surface area is 209 Å². The van der Waals surface area contributed by atoms with Gasteiger partial charge in [0.1, 0.15) is 6.04 Å². The number of aromatic nitrogens is 2. The van der Waals surface area contributed by atoms with Crippen molar-refractivity contribution in [2.45, 2.75) is 57.8 Å². The number of imidazole rings is 1. The lowest BCUT2D eigenvalue weighted by Gasteiger charge is -2.35. The number of morpholine rings is 1. The van der Waals surface area contributed by atoms with Crippen molar-refractivity contribution in [3.8, 4) is 0 Å². The Balaban J connectivity index is 1.59. The van der Waals surface area contributed by atoms with Crippen molar-refractivity contribution >= 4 is 17.6 Å². The van der Waals surface area contributed by atoms with Gasteiger partial charge in [-0.15, -0.1) is 0 Å². The molecule has 1 unspecified atom stereocenters. The Kier molecular flexibility index (Phi) is 9.13. The largest absolute Gasteiger partial charge is 0.416 e. The zero-order chi connectivity index (χ0) is 26.3. The van der Waals surface area contributed by atoms with Crippen molar-refractivity contribution < 1.29 is 27.5 Å². The minimum absolute atomic E-state index is 0.222. The summed E-state index contributed by atoms with van der Waals surface area (Å²) in [5, 5.41) is 5.40. The number of hydrogen-bond donors (Lipinski definition) is 2. The zero-order valence-electron chi connectivity index (χ0n) is 20.9. The zero-order valence-corrected chi connectivity index (χ0v) is 20.9. The van der Waals surface area contributed by atoms with Crippen LogP contribution in [0.3, 0.4) is 0 Å². The van der Waals surface area contributed by atoms with E-state index in [0.717, 1.165) is 31.8 Å². The first kappa shape index (κ1) is 27.7. The number of benzene rings is 1. The van der Waals surface area contributed by atoms with Crippen LogP contribution < -0.4 is 10.6 Å². The Morgan fingerprint density at radius 3 is 2.58 bits per heavy atom. The lowest BCUT2D eigenvalue weighted by atomic mass is 10.0. The number of carbonyl (C=O) groups is 2. The molecule has 0 saturated carbocycles. The molecule has 0 bridgehead atoms. The van der Waals surface area contributed by atoms with Crippen LogP contribution in [0.4, 0.5) is 19.0 Å². The molecule has 36 heavy (non-hydrogen) atoms. The highest BCUT2D eigenvalue weighted by molar-refractivity contribution is 5.96. The number of anilines is 1. The molecule has 1 fully saturated rings. The van der Waals surface area contributed by atoms with Gasteiger partial charge < -0.3 is 19.9 Å². The molecule has 8 nitrogen and oxygen atoms in total. The van der Waals surface area contributed by atoms with Crippen molar-refractivity contribution in [1.82, 2.24) is 19.8 Å². The van der Waals surface area contributed by atoms with Gasteiger partial charge in [0.15, 0.2) is 5.82 Å². The average molecular weight is 510 g/mol. The maximum atomic E-state index is 13.0. The van der Waals surface area contributed by atoms with Crippen LogP contribution in [0.25, 0.3) is 0 Å². The standard InChI is InChI=1S/C25H34F3N5O3/c1-4-6-20(30-22(34)14-18-7-5-8-19(13-18)25(26,27)28)23(35)31-21-15-33(17-29-21)24(2,3)16-32-9-11-36-12-10-32/h5,7-8,13,15,17,20H,4,6,9-12,14,16H2,1-3H3,(H,30,34)(H,31,35). The minimum Gasteiger partial charge on any atom is -0.379 e. The molecule has 1 aliphatic rings. The van der Waals surface area contributed by atoms with E-state index in [4.69, 9.17) is 4.74 Å². The van der Waals surface area contributed by atoms with Crippen LogP contribution in [0.1, 0.15) is 44.7 Å². The van der Waals surface area contributed by atoms with E-state index in [-0.39, 0.29) is 17.5 Å². The highest BCUT2D eigenvalue weighted by Gasteiger charge is 2.31. The van der Waals surface area contributed by atoms with Crippen molar-refractivity contribution in [3.63, 3.8) is 0 Å². The number of amides is 2. The van der Waals surface area contributed by atoms with Crippen LogP contribution in [-0.4, -0.2) is 65.2 Å². The maximum Gasteiger partial charge on any atom is 0.416 e. The SMILES string of the molecule is CCCC(NC(=O)Cc1cccc(C(F)(F)F)c1)C(=O)Nc1cn(C(C)(C)CN2CCOCC2)cn1. The van der Waals surface area contributed by atoms with E-state index < -0.39 is 29.6 Å². The van der Waals surface area contributed by atoms with Crippen LogP contribution in [-0.2, 0) is 32.5 Å². The topological polar surface area (TPSA) is 88.5 Å². The summed E-state index contributed by atoms with van der Waals surface area (Å²) in [6.45, 7) is 9.99. The first-order chi connectivity index (χ1) is 17.0. The highest BCUT2D eigenvalue weighted by Crippen LogP contribution is 2.29. The van der Waals surface area contributed by atoms with Gasteiger partial charge in [-0.05, 0) is 31.9 Å². The fourth-order valence-corrected chi connectivity index (χ4v) is 4.17. The molecule has 1 aliphatic heterocycles. The molecule has 11 heteroatoms. The van der Waals surface area contributed by atoms with E-state index in [9.17, 15) is 22.8 Å². The number of halogens is 3. The second kappa shape index (κ2) is 11.9. The number of hydrogen-bond acceptors (Lipinski definition) is 5. The molecule has 2 aromatic rings. The Bertz CT molecular complexity index is 1030. The molecule has 3 rings (SSSR count). The van der Waals surface area contributed by atoms with E-state index in [1.807, 2.05) is 11.5 Å². The molecule has 1 aromatic heterocycles. The van der Waals surface area contributed by atoms with E-state index in [0.29, 0.717) is 31.9 Å². The summed E-state index contributed by atoms with van der Waals surface area (Å²) >= 11 is 0. The van der Waals surface area contributed by atoms with Crippen LogP contribution >= 0.6 is 0 Å². The van der Waals surface area contributed by atoms with Gasteiger partial charge in [0, 0.05) is 25.8 Å². The van der Waals surface area contributed by atoms with Gasteiger partial charge in [-0.25, -0.2) is 4.98 Å². The van der Waals surface area contributed by atoms with E-state index in [1.165, 1.54) is 12.1 Å². The molecule has 0 spiro atoms. The normalized spacial score (nSPS) is 15.9. The Hall–Kier alpha value is -2.92. The van der Waals surface area contributed by atoms with Gasteiger partial charge in [-0.2, -0.15) is 13.2 Å². The smallest absolute Gasteiger partial charge is 0.379 e. The summed E-state index contributed by atoms with van der Waals surface area (Å²) in [6, 6.07) is 3.78. The molecule has 2 heterocycles. The third-order valence-corrected chi connectivity index (χ3v) is 6.10. The molecule has 198 valence electrons. The minimum atomic E-state index is -4.49. The van der Waals surface area contributed by atoms with E-state index in [2.05, 4.69) is 34.4 Å². The molecule has 1 aromatic carbocycles. The molecule has 1 saturated heterocycles. The fourth-order valence-electron chi connectivity index (χ4n) is 4.17. The van der Waals surface area contributed by atoms with Crippen LogP contribution in [0.2, 0.25) is 0 Å². The van der Waals surface area contributed by atoms with E-state index in [1.54, 1.807) is 12.5 Å². The predicted molar refractivity (Wildman–Crippen MR) is 129 cm³/mol. The Morgan fingerprint density at radius 2 is 1.92 bits per heavy atom. The third kappa shape index (κ3) is 7.79. The van der Waals surface area contributed by atoms with Crippen molar-refractivity contribution in [2.75, 3.05) is 38.2 Å². The number of ether oxygens (including phenoxy) is 1. The van der Waals surface area contributed by atoms with Gasteiger partial charge in [0.05, 0.1) is 37.1 Å². The molecule has 2 N–H and O–H groups in total. The maximum absolute atomic E-state index is 13.0. The molecular weight excluding hydrogens is 475 g/mol. The van der Waals surface area contributed by atoms with Crippen LogP contribution in [0.15, 0.2) is 36.8 Å². The first-order valence-electron chi connectivity index (χ1n) is 12.1. The number of carbonyl (C=O) groups excluding carboxylic acids is 2. The van der Waals surface area contributed by atoms with Gasteiger partial charge in [-0.3, -0.25) is 14.5 Å². The summed E-state index contributed by atoms with van der Waals surface area (Å²) in [5.41, 5.74) is -0.864. The summed E-state index contributed by atoms with van der Waals surface area (Å²) in [6.07, 6.45) is -0.325. The molecule has 2 amide bonds. The van der Waals surface area contributed by atoms with Crippen molar-refractivity contribution in [3.05, 3.63) is 47.9 Å². The number of nitrogens with zero attached hydrogens (tertiary/aromatic N) is 3. The molecular formula is C25H34F3N5O3. The van der Waals surface area contributed by atoms with E-state index >= 15 is 0 Å². The van der Waals surface area contributed by atoms with Crippen LogP contribution in [0.5, 0.6) is 0 Å². The number of alkyl halides is 3. The first-order valence-corrected chi connectivity index (χ1v) is 12.1. The highest BCUT2D eigenvalue weighted by atomic mass is 19.4. The Morgan fingerprint density at radius 1 is 1.19 bits per heavy atom. The quantitative estimate of drug-likeness (QED) is 0.512. The van der Waals surface area contributed by atoms with Gasteiger partial charge in [0.25, 0.3) is 0 Å². The lowest BCUT2D eigenvalue weighted by molar-refractivity contribution is -0.137. The molecule has 0 radical (unpaired) electrons. The second-order valence-electron chi connectivity index (χ2n) is 9.64. The summed E-state index contributed by atoms with van der Waals surface area (Å²) in [4.78, 5) is 32.1. The summed E-state index contributed by atoms with van der Waals surface area (Å²) in [5.74, 6) is -0.589. The lowest BCUT2D eigenvalue weighted by Crippen LogP contribution is -2.45. The van der Waals surface area contributed by atoms with Crippen molar-refractivity contribution in [2.24, 2.45) is 0 Å². The number of rotatable bonds is 10. The van der Waals surface area contributed by atoms with Gasteiger partial charge in [-0.1, -0.05) is 31.5 Å². The second-order valence-corrected chi connectivity index (χ2v) is 9.64. The monoisotopic (exact) mass is 509 g/mol. The predicted octanol–water partition coefficient (Wildman–Crippen LogP) is 3.44. The van der Waals surface area contributed by atoms with Crippen molar-refractivity contribution in [1.29, 1.82) is 0 Å².